The van der Waals surface area contributed by atoms with Crippen molar-refractivity contribution < 1.29 is 0 Å². The fourth-order valence-corrected chi connectivity index (χ4v) is 1.30. The van der Waals surface area contributed by atoms with Crippen LogP contribution in [0.25, 0.3) is 0 Å². The van der Waals surface area contributed by atoms with Gasteiger partial charge in [0.05, 0.1) is 0 Å². The lowest BCUT2D eigenvalue weighted by Gasteiger charge is -2.24. The van der Waals surface area contributed by atoms with Crippen molar-refractivity contribution in [2.45, 2.75) is 32.6 Å². The number of hydrogen-bond donors (Lipinski definition) is 2. The third-order valence-electron chi connectivity index (χ3n) is 2.15. The van der Waals surface area contributed by atoms with Gasteiger partial charge < -0.3 is 11.5 Å². The molecule has 0 unspecified atom stereocenters. The lowest BCUT2D eigenvalue weighted by Crippen LogP contribution is -2.22. The lowest BCUT2D eigenvalue weighted by molar-refractivity contribution is 0.326. The summed E-state index contributed by atoms with van der Waals surface area (Å²) in [4.78, 5) is 0. The third kappa shape index (κ3) is 2.90. The van der Waals surface area contributed by atoms with Crippen LogP contribution < -0.4 is 11.5 Å². The minimum absolute atomic E-state index is 0.0305. The first kappa shape index (κ1) is 9.03. The van der Waals surface area contributed by atoms with E-state index in [1.54, 1.807) is 0 Å². The summed E-state index contributed by atoms with van der Waals surface area (Å²) in [6.45, 7) is 1.96. The van der Waals surface area contributed by atoms with E-state index in [2.05, 4.69) is 10.2 Å². The number of hydrogen-bond acceptors (Lipinski definition) is 2. The fraction of sp³-hybridized carbons (Fsp3) is 0.750. The molecule has 0 amide bonds. The highest BCUT2D eigenvalue weighted by Gasteiger charge is 2.17. The topological polar surface area (TPSA) is 76.8 Å². The van der Waals surface area contributed by atoms with Gasteiger partial charge in [0.15, 0.2) is 0 Å². The standard InChI is InChI=1S/C8H16N4/c1-6(11-12-8(9)10)5-7-3-2-4-7/h7H,2-5H2,1H3,(H4,9,10,12)/b11-6+. The molecule has 4 N–H and O–H groups in total. The molecule has 0 atom stereocenters. The van der Waals surface area contributed by atoms with Crippen LogP contribution in [0.3, 0.4) is 0 Å². The van der Waals surface area contributed by atoms with Crippen molar-refractivity contribution in [3.63, 3.8) is 0 Å². The van der Waals surface area contributed by atoms with Gasteiger partial charge in [-0.25, -0.2) is 0 Å². The van der Waals surface area contributed by atoms with Gasteiger partial charge in [-0.05, 0) is 19.3 Å². The smallest absolute Gasteiger partial charge is 0.211 e. The molecule has 0 radical (unpaired) electrons. The Hall–Kier alpha value is -1.06. The minimum atomic E-state index is 0.0305. The molecular formula is C8H16N4. The number of nitrogens with zero attached hydrogens (tertiary/aromatic N) is 2. The first-order chi connectivity index (χ1) is 5.68. The summed E-state index contributed by atoms with van der Waals surface area (Å²) in [5, 5.41) is 7.50. The largest absolute Gasteiger partial charge is 0.369 e. The lowest BCUT2D eigenvalue weighted by atomic mass is 9.82. The van der Waals surface area contributed by atoms with E-state index in [1.165, 1.54) is 19.3 Å². The van der Waals surface area contributed by atoms with Crippen LogP contribution in [0, 0.1) is 5.92 Å². The van der Waals surface area contributed by atoms with Gasteiger partial charge >= 0.3 is 0 Å². The molecule has 1 rings (SSSR count). The summed E-state index contributed by atoms with van der Waals surface area (Å²) in [5.74, 6) is 0.853. The summed E-state index contributed by atoms with van der Waals surface area (Å²) >= 11 is 0. The summed E-state index contributed by atoms with van der Waals surface area (Å²) < 4.78 is 0. The summed E-state index contributed by atoms with van der Waals surface area (Å²) in [6.07, 6.45) is 5.06. The minimum Gasteiger partial charge on any atom is -0.369 e. The van der Waals surface area contributed by atoms with E-state index >= 15 is 0 Å². The molecule has 0 heterocycles. The quantitative estimate of drug-likeness (QED) is 0.372. The molecule has 4 nitrogen and oxygen atoms in total. The van der Waals surface area contributed by atoms with Gasteiger partial charge in [-0.2, -0.15) is 5.10 Å². The van der Waals surface area contributed by atoms with E-state index in [-0.39, 0.29) is 5.96 Å². The van der Waals surface area contributed by atoms with Gasteiger partial charge in [-0.3, -0.25) is 0 Å². The van der Waals surface area contributed by atoms with Crippen molar-refractivity contribution >= 4 is 11.7 Å². The highest BCUT2D eigenvalue weighted by molar-refractivity contribution is 5.83. The van der Waals surface area contributed by atoms with Crippen molar-refractivity contribution in [2.24, 2.45) is 27.6 Å². The Morgan fingerprint density at radius 2 is 2.00 bits per heavy atom. The molecule has 0 bridgehead atoms. The van der Waals surface area contributed by atoms with Gasteiger partial charge in [0, 0.05) is 5.71 Å². The Kier molecular flexibility index (Phi) is 3.08. The predicted molar refractivity (Wildman–Crippen MR) is 50.9 cm³/mol. The summed E-state index contributed by atoms with van der Waals surface area (Å²) in [5.41, 5.74) is 11.3. The van der Waals surface area contributed by atoms with Gasteiger partial charge in [0.1, 0.15) is 0 Å². The van der Waals surface area contributed by atoms with E-state index in [4.69, 9.17) is 11.5 Å². The van der Waals surface area contributed by atoms with Crippen LogP contribution in [0.15, 0.2) is 10.2 Å². The zero-order chi connectivity index (χ0) is 8.97. The van der Waals surface area contributed by atoms with Crippen LogP contribution in [-0.2, 0) is 0 Å². The van der Waals surface area contributed by atoms with Crippen molar-refractivity contribution in [3.05, 3.63) is 0 Å². The molecule has 0 aromatic heterocycles. The molecular weight excluding hydrogens is 152 g/mol. The highest BCUT2D eigenvalue weighted by atomic mass is 15.3. The maximum atomic E-state index is 5.14. The summed E-state index contributed by atoms with van der Waals surface area (Å²) in [7, 11) is 0. The molecule has 1 saturated carbocycles. The zero-order valence-electron chi connectivity index (χ0n) is 7.45. The Balaban J connectivity index is 2.30. The average molecular weight is 168 g/mol. The maximum Gasteiger partial charge on any atom is 0.211 e. The number of nitrogens with two attached hydrogens (primary N) is 2. The first-order valence-electron chi connectivity index (χ1n) is 4.30. The number of guanidine groups is 1. The van der Waals surface area contributed by atoms with Gasteiger partial charge in [0.25, 0.3) is 0 Å². The van der Waals surface area contributed by atoms with Crippen molar-refractivity contribution in [3.8, 4) is 0 Å². The second-order valence-electron chi connectivity index (χ2n) is 3.36. The first-order valence-corrected chi connectivity index (χ1v) is 4.30. The van der Waals surface area contributed by atoms with E-state index in [9.17, 15) is 0 Å². The Morgan fingerprint density at radius 1 is 1.33 bits per heavy atom. The second-order valence-corrected chi connectivity index (χ2v) is 3.36. The van der Waals surface area contributed by atoms with Crippen molar-refractivity contribution in [1.29, 1.82) is 0 Å². The Morgan fingerprint density at radius 3 is 2.42 bits per heavy atom. The monoisotopic (exact) mass is 168 g/mol. The van der Waals surface area contributed by atoms with Crippen LogP contribution in [0.2, 0.25) is 0 Å². The van der Waals surface area contributed by atoms with Crippen LogP contribution in [-0.4, -0.2) is 11.7 Å². The van der Waals surface area contributed by atoms with Crippen molar-refractivity contribution in [1.82, 2.24) is 0 Å². The van der Waals surface area contributed by atoms with Crippen LogP contribution in [0.5, 0.6) is 0 Å². The van der Waals surface area contributed by atoms with E-state index in [0.717, 1.165) is 18.1 Å². The molecule has 1 aliphatic rings. The Labute approximate surface area is 72.7 Å². The van der Waals surface area contributed by atoms with Gasteiger partial charge in [-0.1, -0.05) is 19.3 Å². The Bertz CT molecular complexity index is 199. The molecule has 0 aromatic rings. The molecule has 0 spiro atoms. The summed E-state index contributed by atoms with van der Waals surface area (Å²) in [6, 6.07) is 0. The van der Waals surface area contributed by atoms with Crippen LogP contribution in [0.1, 0.15) is 32.6 Å². The van der Waals surface area contributed by atoms with E-state index in [0.29, 0.717) is 0 Å². The average Bonchev–Trinajstić information content (AvgIpc) is 1.93. The highest BCUT2D eigenvalue weighted by Crippen LogP contribution is 2.29. The molecule has 0 aliphatic heterocycles. The van der Waals surface area contributed by atoms with E-state index in [1.807, 2.05) is 6.92 Å². The van der Waals surface area contributed by atoms with Crippen molar-refractivity contribution in [2.75, 3.05) is 0 Å². The van der Waals surface area contributed by atoms with Gasteiger partial charge in [-0.15, -0.1) is 5.10 Å². The maximum absolute atomic E-state index is 5.14. The molecule has 0 aromatic carbocycles. The van der Waals surface area contributed by atoms with Crippen LogP contribution in [0.4, 0.5) is 0 Å². The third-order valence-corrected chi connectivity index (χ3v) is 2.15. The molecule has 1 aliphatic carbocycles. The molecule has 12 heavy (non-hydrogen) atoms. The molecule has 0 saturated heterocycles. The molecule has 4 heteroatoms. The number of rotatable bonds is 3. The zero-order valence-corrected chi connectivity index (χ0v) is 7.45. The normalized spacial score (nSPS) is 18.6. The fourth-order valence-electron chi connectivity index (χ4n) is 1.30. The van der Waals surface area contributed by atoms with Crippen LogP contribution >= 0.6 is 0 Å². The predicted octanol–water partition coefficient (Wildman–Crippen LogP) is 0.826. The molecule has 68 valence electrons. The molecule has 1 fully saturated rings. The SMILES string of the molecule is C/C(CC1CCC1)=N\N=C(N)N. The van der Waals surface area contributed by atoms with E-state index < -0.39 is 0 Å². The van der Waals surface area contributed by atoms with Gasteiger partial charge in [0.2, 0.25) is 5.96 Å². The second kappa shape index (κ2) is 4.09.